The Hall–Kier alpha value is -2.60. The summed E-state index contributed by atoms with van der Waals surface area (Å²) in [7, 11) is 0. The molecule has 0 N–H and O–H groups in total. The Bertz CT molecular complexity index is 806. The molecule has 0 radical (unpaired) electrons. The second kappa shape index (κ2) is 7.96. The van der Waals surface area contributed by atoms with Crippen LogP contribution in [0.1, 0.15) is 43.3 Å². The number of oxazole rings is 1. The van der Waals surface area contributed by atoms with Gasteiger partial charge in [0.2, 0.25) is 0 Å². The minimum Gasteiger partial charge on any atom is -0.491 e. The molecule has 4 rings (SSSR count). The molecule has 27 heavy (non-hydrogen) atoms. The van der Waals surface area contributed by atoms with Gasteiger partial charge < -0.3 is 18.8 Å². The molecule has 2 aliphatic rings. The smallest absolute Gasteiger partial charge is 0.250 e. The van der Waals surface area contributed by atoms with E-state index in [-0.39, 0.29) is 12.0 Å². The first kappa shape index (κ1) is 17.8. The van der Waals surface area contributed by atoms with Crippen molar-refractivity contribution >= 4 is 11.6 Å². The number of amides is 1. The Balaban J connectivity index is 1.47. The number of carbonyl (C=O) groups excluding carboxylic acids is 1. The molecule has 1 unspecified atom stereocenters. The average Bonchev–Trinajstić information content (AvgIpc) is 3.21. The van der Waals surface area contributed by atoms with Crippen LogP contribution in [-0.4, -0.2) is 30.2 Å². The third kappa shape index (κ3) is 4.39. The molecule has 1 amide bonds. The van der Waals surface area contributed by atoms with Gasteiger partial charge in [0.05, 0.1) is 18.8 Å². The summed E-state index contributed by atoms with van der Waals surface area (Å²) in [5, 5.41) is 0. The zero-order chi connectivity index (χ0) is 18.6. The number of benzene rings is 1. The van der Waals surface area contributed by atoms with E-state index >= 15 is 0 Å². The highest BCUT2D eigenvalue weighted by Gasteiger charge is 2.29. The molecule has 6 heteroatoms. The molecule has 1 aromatic heterocycles. The normalized spacial score (nSPS) is 19.0. The maximum absolute atomic E-state index is 12.4. The number of anilines is 1. The van der Waals surface area contributed by atoms with Crippen molar-refractivity contribution in [2.45, 2.75) is 44.2 Å². The Labute approximate surface area is 158 Å². The maximum atomic E-state index is 12.4. The average molecular weight is 368 g/mol. The summed E-state index contributed by atoms with van der Waals surface area (Å²) in [5.74, 6) is 2.39. The molecule has 6 nitrogen and oxygen atoms in total. The van der Waals surface area contributed by atoms with Crippen LogP contribution in [0.15, 0.2) is 47.5 Å². The lowest BCUT2D eigenvalue weighted by Gasteiger charge is -2.21. The Kier molecular flexibility index (Phi) is 5.25. The summed E-state index contributed by atoms with van der Waals surface area (Å²) >= 11 is 0. The fraction of sp³-hybridized carbons (Fsp3) is 0.429. The van der Waals surface area contributed by atoms with E-state index in [0.29, 0.717) is 30.6 Å². The second-order valence-corrected chi connectivity index (χ2v) is 7.01. The molecule has 1 aromatic carbocycles. The summed E-state index contributed by atoms with van der Waals surface area (Å²) in [6, 6.07) is 7.49. The van der Waals surface area contributed by atoms with E-state index in [1.807, 2.05) is 24.3 Å². The highest BCUT2D eigenvalue weighted by molar-refractivity contribution is 6.01. The van der Waals surface area contributed by atoms with Gasteiger partial charge in [-0.05, 0) is 43.9 Å². The quantitative estimate of drug-likeness (QED) is 0.663. The fourth-order valence-corrected chi connectivity index (χ4v) is 3.18. The number of hydrogen-bond acceptors (Lipinski definition) is 5. The maximum Gasteiger partial charge on any atom is 0.250 e. The van der Waals surface area contributed by atoms with Gasteiger partial charge in [0, 0.05) is 24.3 Å². The lowest BCUT2D eigenvalue weighted by atomic mass is 10.2. The van der Waals surface area contributed by atoms with Gasteiger partial charge >= 0.3 is 0 Å². The van der Waals surface area contributed by atoms with Gasteiger partial charge in [0.15, 0.2) is 5.89 Å². The summed E-state index contributed by atoms with van der Waals surface area (Å²) < 4.78 is 17.3. The molecule has 1 aliphatic carbocycles. The number of aromatic nitrogens is 1. The van der Waals surface area contributed by atoms with Crippen LogP contribution in [-0.2, 0) is 16.1 Å². The Morgan fingerprint density at radius 1 is 1.37 bits per heavy atom. The zero-order valence-electron chi connectivity index (χ0n) is 15.3. The van der Waals surface area contributed by atoms with Crippen LogP contribution < -0.4 is 9.64 Å². The third-order valence-electron chi connectivity index (χ3n) is 4.84. The van der Waals surface area contributed by atoms with Crippen molar-refractivity contribution in [1.82, 2.24) is 4.98 Å². The zero-order valence-corrected chi connectivity index (χ0v) is 15.3. The highest BCUT2D eigenvalue weighted by Crippen LogP contribution is 2.39. The van der Waals surface area contributed by atoms with E-state index in [1.165, 1.54) is 6.08 Å². The number of nitrogens with zero attached hydrogens (tertiary/aromatic N) is 2. The van der Waals surface area contributed by atoms with Crippen LogP contribution in [0.3, 0.4) is 0 Å². The van der Waals surface area contributed by atoms with Gasteiger partial charge in [-0.25, -0.2) is 4.98 Å². The van der Waals surface area contributed by atoms with Crippen LogP contribution in [0.4, 0.5) is 5.69 Å². The van der Waals surface area contributed by atoms with Crippen LogP contribution >= 0.6 is 0 Å². The molecule has 1 aliphatic heterocycles. The van der Waals surface area contributed by atoms with Crippen LogP contribution in [0, 0.1) is 0 Å². The molecule has 142 valence electrons. The lowest BCUT2D eigenvalue weighted by Crippen LogP contribution is -2.28. The summed E-state index contributed by atoms with van der Waals surface area (Å²) in [5.41, 5.74) is 0.731. The Morgan fingerprint density at radius 2 is 2.26 bits per heavy atom. The molecule has 2 aromatic rings. The van der Waals surface area contributed by atoms with E-state index in [9.17, 15) is 4.79 Å². The second-order valence-electron chi connectivity index (χ2n) is 7.01. The van der Waals surface area contributed by atoms with Gasteiger partial charge in [-0.3, -0.25) is 4.79 Å². The largest absolute Gasteiger partial charge is 0.491 e. The van der Waals surface area contributed by atoms with Crippen molar-refractivity contribution in [1.29, 1.82) is 0 Å². The van der Waals surface area contributed by atoms with Gasteiger partial charge in [0.25, 0.3) is 5.91 Å². The van der Waals surface area contributed by atoms with Crippen molar-refractivity contribution < 1.29 is 18.7 Å². The highest BCUT2D eigenvalue weighted by atomic mass is 16.5. The summed E-state index contributed by atoms with van der Waals surface area (Å²) in [6.45, 7) is 5.24. The summed E-state index contributed by atoms with van der Waals surface area (Å²) in [4.78, 5) is 18.4. The van der Waals surface area contributed by atoms with Crippen LogP contribution in [0.2, 0.25) is 0 Å². The predicted molar refractivity (Wildman–Crippen MR) is 101 cm³/mol. The van der Waals surface area contributed by atoms with Crippen LogP contribution in [0.25, 0.3) is 0 Å². The predicted octanol–water partition coefficient (Wildman–Crippen LogP) is 3.83. The first-order valence-corrected chi connectivity index (χ1v) is 9.46. The van der Waals surface area contributed by atoms with E-state index in [1.54, 1.807) is 11.1 Å². The van der Waals surface area contributed by atoms with Crippen molar-refractivity contribution in [3.05, 3.63) is 54.8 Å². The van der Waals surface area contributed by atoms with Crippen molar-refractivity contribution in [3.63, 3.8) is 0 Å². The number of hydrogen-bond donors (Lipinski definition) is 0. The lowest BCUT2D eigenvalue weighted by molar-refractivity contribution is -0.114. The third-order valence-corrected chi connectivity index (χ3v) is 4.84. The van der Waals surface area contributed by atoms with E-state index < -0.39 is 0 Å². The van der Waals surface area contributed by atoms with Crippen molar-refractivity contribution in [3.8, 4) is 5.75 Å². The first-order chi connectivity index (χ1) is 13.2. The first-order valence-electron chi connectivity index (χ1n) is 9.46. The number of rotatable bonds is 8. The van der Waals surface area contributed by atoms with Gasteiger partial charge in [0.1, 0.15) is 18.1 Å². The monoisotopic (exact) mass is 368 g/mol. The molecule has 2 heterocycles. The summed E-state index contributed by atoms with van der Waals surface area (Å²) in [6.07, 6.45) is 7.51. The van der Waals surface area contributed by atoms with E-state index in [2.05, 4.69) is 11.6 Å². The van der Waals surface area contributed by atoms with E-state index in [0.717, 1.165) is 43.9 Å². The molecule has 0 spiro atoms. The standard InChI is InChI=1S/C21H24N2O4/c1-2-20(24)23(13-19-12-22-21(27-19)15-8-9-15)16-5-3-6-17(11-16)26-14-18-7-4-10-25-18/h2-3,5-6,11-12,15,18H,1,4,7-10,13-14H2. The van der Waals surface area contributed by atoms with E-state index in [4.69, 9.17) is 13.9 Å². The van der Waals surface area contributed by atoms with Gasteiger partial charge in [-0.15, -0.1) is 0 Å². The number of ether oxygens (including phenoxy) is 2. The topological polar surface area (TPSA) is 64.8 Å². The SMILES string of the molecule is C=CC(=O)N(Cc1cnc(C2CC2)o1)c1cccc(OCC2CCCO2)c1. The molecule has 2 fully saturated rings. The van der Waals surface area contributed by atoms with Crippen molar-refractivity contribution in [2.24, 2.45) is 0 Å². The molecular formula is C21H24N2O4. The molecule has 0 bridgehead atoms. The van der Waals surface area contributed by atoms with Gasteiger partial charge in [-0.2, -0.15) is 0 Å². The molecule has 1 saturated heterocycles. The van der Waals surface area contributed by atoms with Gasteiger partial charge in [-0.1, -0.05) is 12.6 Å². The van der Waals surface area contributed by atoms with Crippen molar-refractivity contribution in [2.75, 3.05) is 18.1 Å². The number of carbonyl (C=O) groups is 1. The molecule has 1 saturated carbocycles. The van der Waals surface area contributed by atoms with Crippen LogP contribution in [0.5, 0.6) is 5.75 Å². The minimum absolute atomic E-state index is 0.148. The molecular weight excluding hydrogens is 344 g/mol. The minimum atomic E-state index is -0.198. The molecule has 1 atom stereocenters. The fourth-order valence-electron chi connectivity index (χ4n) is 3.18. The Morgan fingerprint density at radius 3 is 3.00 bits per heavy atom.